The van der Waals surface area contributed by atoms with Gasteiger partial charge in [-0.05, 0) is 43.5 Å². The molecule has 0 bridgehead atoms. The smallest absolute Gasteiger partial charge is 0.315 e. The van der Waals surface area contributed by atoms with Crippen molar-refractivity contribution in [1.82, 2.24) is 24.7 Å². The number of ether oxygens (including phenoxy) is 3. The van der Waals surface area contributed by atoms with Crippen LogP contribution >= 0.6 is 0 Å². The van der Waals surface area contributed by atoms with Gasteiger partial charge in [-0.2, -0.15) is 4.98 Å². The Balaban J connectivity index is 1.47. The number of hydrogen-bond acceptors (Lipinski definition) is 10. The number of carbonyl (C=O) groups excluding carboxylic acids is 1. The predicted octanol–water partition coefficient (Wildman–Crippen LogP) is 3.30. The van der Waals surface area contributed by atoms with Crippen molar-refractivity contribution in [3.63, 3.8) is 0 Å². The Hall–Kier alpha value is -3.16. The molecule has 1 saturated carbocycles. The Morgan fingerprint density at radius 2 is 1.95 bits per heavy atom. The minimum absolute atomic E-state index is 0.0159. The van der Waals surface area contributed by atoms with E-state index in [1.54, 1.807) is 18.5 Å². The summed E-state index contributed by atoms with van der Waals surface area (Å²) in [4.78, 5) is 25.4. The van der Waals surface area contributed by atoms with E-state index in [0.717, 1.165) is 42.7 Å². The van der Waals surface area contributed by atoms with Crippen LogP contribution in [0.4, 0.5) is 0 Å². The van der Waals surface area contributed by atoms with Gasteiger partial charge in [0.15, 0.2) is 5.82 Å². The van der Waals surface area contributed by atoms with E-state index in [1.807, 2.05) is 19.1 Å². The maximum absolute atomic E-state index is 12.3. The van der Waals surface area contributed by atoms with Crippen molar-refractivity contribution >= 4 is 24.6 Å². The molecule has 0 atom stereocenters. The molecule has 11 nitrogen and oxygen atoms in total. The maximum atomic E-state index is 12.3. The minimum atomic E-state index is -3.60. The van der Waals surface area contributed by atoms with Gasteiger partial charge >= 0.3 is 5.97 Å². The number of methoxy groups -OCH3 is 1. The zero-order chi connectivity index (χ0) is 28.2. The third kappa shape index (κ3) is 6.71. The van der Waals surface area contributed by atoms with Gasteiger partial charge < -0.3 is 14.2 Å². The number of aryl methyl sites for hydroxylation is 1. The predicted molar refractivity (Wildman–Crippen MR) is 148 cm³/mol. The highest BCUT2D eigenvalue weighted by atomic mass is 32.2. The van der Waals surface area contributed by atoms with E-state index >= 15 is 0 Å². The van der Waals surface area contributed by atoms with Crippen LogP contribution in [0.15, 0.2) is 35.7 Å². The minimum Gasteiger partial charge on any atom is -0.476 e. The Bertz CT molecular complexity index is 1420. The lowest BCUT2D eigenvalue weighted by Crippen LogP contribution is -2.44. The molecule has 3 aromatic heterocycles. The third-order valence-electron chi connectivity index (χ3n) is 6.83. The second-order valence-electron chi connectivity index (χ2n) is 10.4. The molecule has 0 saturated heterocycles. The van der Waals surface area contributed by atoms with Gasteiger partial charge in [-0.15, -0.1) is 5.10 Å². The molecule has 0 unspecified atom stereocenters. The standard InChI is InChI=1S/C26H35N5O6SSi/c1-18-13-22(37-16-26(9-6-10-26)24(32)35-2)28-15-20(18)21-8-7-19(14-27-21)23-29-25(38(3,33)34)31(30-23)17-36-11-12-39(4)5/h7-8,13-15,39H,6,9-12,16-17H2,1-5H3. The van der Waals surface area contributed by atoms with Crippen LogP contribution < -0.4 is 4.74 Å². The Morgan fingerprint density at radius 3 is 2.51 bits per heavy atom. The number of esters is 1. The first-order chi connectivity index (χ1) is 18.5. The lowest BCUT2D eigenvalue weighted by atomic mass is 9.69. The van der Waals surface area contributed by atoms with Crippen LogP contribution in [0.1, 0.15) is 24.8 Å². The molecule has 1 aliphatic carbocycles. The van der Waals surface area contributed by atoms with Crippen molar-refractivity contribution in [3.05, 3.63) is 36.2 Å². The fraction of sp³-hybridized carbons (Fsp3) is 0.500. The van der Waals surface area contributed by atoms with Gasteiger partial charge in [0.25, 0.3) is 0 Å². The summed E-state index contributed by atoms with van der Waals surface area (Å²) >= 11 is 0. The molecule has 13 heteroatoms. The van der Waals surface area contributed by atoms with Crippen LogP contribution in [-0.4, -0.2) is 74.5 Å². The molecule has 0 aliphatic heterocycles. The van der Waals surface area contributed by atoms with Gasteiger partial charge in [0.05, 0.1) is 12.8 Å². The first kappa shape index (κ1) is 28.8. The van der Waals surface area contributed by atoms with Crippen molar-refractivity contribution in [3.8, 4) is 28.5 Å². The van der Waals surface area contributed by atoms with Crippen molar-refractivity contribution in [2.45, 2.75) is 57.2 Å². The van der Waals surface area contributed by atoms with Gasteiger partial charge in [-0.3, -0.25) is 9.78 Å². The Kier molecular flexibility index (Phi) is 8.82. The Morgan fingerprint density at radius 1 is 1.18 bits per heavy atom. The number of hydrogen-bond donors (Lipinski definition) is 0. The first-order valence-corrected chi connectivity index (χ1v) is 17.9. The Labute approximate surface area is 230 Å². The van der Waals surface area contributed by atoms with Crippen molar-refractivity contribution in [1.29, 1.82) is 0 Å². The van der Waals surface area contributed by atoms with Crippen LogP contribution in [-0.2, 0) is 30.8 Å². The van der Waals surface area contributed by atoms with E-state index in [4.69, 9.17) is 14.2 Å². The lowest BCUT2D eigenvalue weighted by Gasteiger charge is -2.38. The average molecular weight is 574 g/mol. The van der Waals surface area contributed by atoms with Crippen LogP contribution in [0.5, 0.6) is 5.88 Å². The summed E-state index contributed by atoms with van der Waals surface area (Å²) < 4.78 is 42.3. The molecule has 4 rings (SSSR count). The van der Waals surface area contributed by atoms with Crippen molar-refractivity contribution in [2.24, 2.45) is 5.41 Å². The highest BCUT2D eigenvalue weighted by Crippen LogP contribution is 2.42. The van der Waals surface area contributed by atoms with Crippen LogP contribution in [0.3, 0.4) is 0 Å². The lowest BCUT2D eigenvalue weighted by molar-refractivity contribution is -0.161. The molecule has 39 heavy (non-hydrogen) atoms. The third-order valence-corrected chi connectivity index (χ3v) is 9.19. The summed E-state index contributed by atoms with van der Waals surface area (Å²) in [5, 5.41) is 4.23. The first-order valence-electron chi connectivity index (χ1n) is 12.9. The van der Waals surface area contributed by atoms with E-state index in [2.05, 4.69) is 33.1 Å². The highest BCUT2D eigenvalue weighted by Gasteiger charge is 2.46. The van der Waals surface area contributed by atoms with Crippen molar-refractivity contribution in [2.75, 3.05) is 26.6 Å². The van der Waals surface area contributed by atoms with Crippen molar-refractivity contribution < 1.29 is 27.4 Å². The molecule has 3 aromatic rings. The second kappa shape index (κ2) is 11.9. The molecule has 1 fully saturated rings. The van der Waals surface area contributed by atoms with E-state index in [-0.39, 0.29) is 30.3 Å². The molecule has 0 aromatic carbocycles. The SMILES string of the molecule is COC(=O)C1(COc2cc(C)c(-c3ccc(-c4nc(S(C)(=O)=O)n(COCC[SiH](C)C)n4)cn3)cn2)CCC1. The van der Waals surface area contributed by atoms with Gasteiger partial charge in [-0.25, -0.2) is 18.1 Å². The number of sulfone groups is 1. The monoisotopic (exact) mass is 573 g/mol. The molecular formula is C26H35N5O6SSi. The summed E-state index contributed by atoms with van der Waals surface area (Å²) in [5.74, 6) is 0.448. The molecular weight excluding hydrogens is 538 g/mol. The molecule has 0 spiro atoms. The quantitative estimate of drug-likeness (QED) is 0.180. The molecule has 3 heterocycles. The van der Waals surface area contributed by atoms with E-state index < -0.39 is 24.0 Å². The number of nitrogens with zero attached hydrogens (tertiary/aromatic N) is 5. The summed E-state index contributed by atoms with van der Waals surface area (Å²) in [6.45, 7) is 7.20. The largest absolute Gasteiger partial charge is 0.476 e. The second-order valence-corrected chi connectivity index (χ2v) is 15.7. The van der Waals surface area contributed by atoms with Gasteiger partial charge in [0.2, 0.25) is 20.9 Å². The summed E-state index contributed by atoms with van der Waals surface area (Å²) in [6, 6.07) is 6.42. The number of aromatic nitrogens is 5. The molecule has 1 aliphatic rings. The van der Waals surface area contributed by atoms with Crippen LogP contribution in [0.25, 0.3) is 22.6 Å². The van der Waals surface area contributed by atoms with E-state index in [1.165, 1.54) is 11.8 Å². The number of carbonyl (C=O) groups is 1. The summed E-state index contributed by atoms with van der Waals surface area (Å²) in [6.07, 6.45) is 6.86. The molecule has 0 N–H and O–H groups in total. The molecule has 0 radical (unpaired) electrons. The number of pyridine rings is 2. The maximum Gasteiger partial charge on any atom is 0.315 e. The summed E-state index contributed by atoms with van der Waals surface area (Å²) in [7, 11) is -2.97. The highest BCUT2D eigenvalue weighted by molar-refractivity contribution is 7.90. The van der Waals surface area contributed by atoms with Gasteiger partial charge in [0, 0.05) is 51.2 Å². The van der Waals surface area contributed by atoms with Crippen LogP contribution in [0, 0.1) is 12.3 Å². The molecule has 0 amide bonds. The average Bonchev–Trinajstić information content (AvgIpc) is 3.31. The van der Waals surface area contributed by atoms with Gasteiger partial charge in [0.1, 0.15) is 18.8 Å². The van der Waals surface area contributed by atoms with Crippen LogP contribution in [0.2, 0.25) is 19.1 Å². The molecule has 210 valence electrons. The van der Waals surface area contributed by atoms with E-state index in [9.17, 15) is 13.2 Å². The fourth-order valence-corrected chi connectivity index (χ4v) is 5.65. The topological polar surface area (TPSA) is 135 Å². The van der Waals surface area contributed by atoms with Gasteiger partial charge in [-0.1, -0.05) is 19.5 Å². The zero-order valence-corrected chi connectivity index (χ0v) is 25.0. The fourth-order valence-electron chi connectivity index (χ4n) is 4.28. The number of rotatable bonds is 12. The summed E-state index contributed by atoms with van der Waals surface area (Å²) in [5.41, 5.74) is 2.41. The van der Waals surface area contributed by atoms with E-state index in [0.29, 0.717) is 23.7 Å². The normalized spacial score (nSPS) is 14.7. The zero-order valence-electron chi connectivity index (χ0n) is 23.0.